The van der Waals surface area contributed by atoms with Crippen LogP contribution in [0.4, 0.5) is 23.3 Å². The number of aliphatic hydroxyl groups excluding tert-OH is 7. The Bertz CT molecular complexity index is 5960. The molecule has 0 amide bonds. The van der Waals surface area contributed by atoms with Crippen molar-refractivity contribution in [3.63, 3.8) is 0 Å². The molecule has 0 radical (unpaired) electrons. The van der Waals surface area contributed by atoms with E-state index in [1.165, 1.54) is 47.1 Å². The molecule has 7 aliphatic heterocycles. The Morgan fingerprint density at radius 2 is 0.725 bits per heavy atom. The molecule has 3 aromatic carbocycles. The summed E-state index contributed by atoms with van der Waals surface area (Å²) < 4.78 is 100. The van der Waals surface area contributed by atoms with Crippen molar-refractivity contribution in [1.29, 1.82) is 0 Å². The van der Waals surface area contributed by atoms with Gasteiger partial charge < -0.3 is 127 Å². The molecule has 19 atom stereocenters. The number of ether oxygens (including phenoxy) is 9. The Labute approximate surface area is 822 Å². The molecule has 8 aromatic heterocycles. The van der Waals surface area contributed by atoms with E-state index in [0.29, 0.717) is 86.8 Å². The standard InChI is InChI=1S/C28H24O9.C22H39N5O5Si2.C22H39N5O4Si2.2C10H13N5O4/c1-18(29)34-28-24(37-27(32)21-15-9-4-10-16-21)23(36-26(31)20-13-7-3-8-14-20)22(35-28)17-33-25(30)19-11-5-2-6-12-19;1-12(2)33(13(3)4)29-9-16-19(31-34(32-33,14(5)6)15(7)8)18(28)22(30-16)27-11-26-17-20(23)24-10-25-21(17)27;1-13(2)32(14(3)4)28-10-18-17(30-33(31-32,15(5)6)16(7)8)9-19(29-18)27-12-26-20-21(23)24-11-25-22(20)27;2*11-8-5-9(13-2-12-8)15(3-14-5)10-7(18)6(17)4(1-16)19-10/h2-16,22-24,28H,17H2,1H3;10-16,18-19,22,28H,9H2,1-8H3,(H2,23,24,25);11-19H,9-10H2,1-8H3,(H2,23,24,25);2*2-4,6-7,10,16-18H,1H2,(H2,11,12,13)/t22-,23?,24-,28-;16-,18+,19?,22-;17?,18-,19-;2*4-,6?,7+,10-/m00000/s1. The van der Waals surface area contributed by atoms with Gasteiger partial charge in [-0.3, -0.25) is 23.1 Å². The number of nitrogen functional groups attached to an aromatic ring is 4. The number of carbonyl (C=O) groups excluding carboxylic acids is 4. The van der Waals surface area contributed by atoms with E-state index in [4.69, 9.17) is 102 Å². The number of benzene rings is 3. The lowest BCUT2D eigenvalue weighted by molar-refractivity contribution is -0.188. The summed E-state index contributed by atoms with van der Waals surface area (Å²) in [5.41, 5.74) is 29.8. The van der Waals surface area contributed by atoms with Gasteiger partial charge in [-0.1, -0.05) is 165 Å². The summed E-state index contributed by atoms with van der Waals surface area (Å²) in [6.45, 7) is 36.0. The number of hydrogen-bond acceptors (Lipinski definition) is 42. The van der Waals surface area contributed by atoms with Gasteiger partial charge in [0, 0.05) is 13.3 Å². The number of rotatable bonds is 22. The topological polar surface area (TPSA) is 627 Å². The van der Waals surface area contributed by atoms with Crippen LogP contribution in [-0.4, -0.2) is 297 Å². The van der Waals surface area contributed by atoms with Crippen molar-refractivity contribution >= 4 is 126 Å². The minimum Gasteiger partial charge on any atom is -0.459 e. The lowest BCUT2D eigenvalue weighted by Crippen LogP contribution is -2.65. The number of nitrogens with zero attached hydrogens (tertiary/aromatic N) is 16. The minimum absolute atomic E-state index is 0.116. The number of carbonyl (C=O) groups is 4. The zero-order valence-corrected chi connectivity index (χ0v) is 86.0. The van der Waals surface area contributed by atoms with Crippen LogP contribution in [0.25, 0.3) is 44.7 Å². The van der Waals surface area contributed by atoms with E-state index < -0.39 is 170 Å². The fourth-order valence-corrected chi connectivity index (χ4v) is 41.3. The highest BCUT2D eigenvalue weighted by Crippen LogP contribution is 2.52. The molecular formula is C92H128N20O26Si4. The molecule has 5 unspecified atom stereocenters. The van der Waals surface area contributed by atoms with Crippen molar-refractivity contribution in [1.82, 2.24) is 78.1 Å². The van der Waals surface area contributed by atoms with Crippen molar-refractivity contribution < 1.29 is 123 Å². The number of imidazole rings is 4. The molecule has 46 nitrogen and oxygen atoms in total. The second-order valence-corrected chi connectivity index (χ2v) is 55.7. The summed E-state index contributed by atoms with van der Waals surface area (Å²) in [4.78, 5) is 99.4. The SMILES string of the molecule is CC(=O)O[C@H]1O[C@@H](COC(=O)c2ccccc2)C(OC(=O)c2ccccc2)[C@@H]1OC(=O)c1ccccc1.CC(C)[Si]1(C(C)C)OC[C@@H]2O[C@H](n3cnc4c(N)ncnc43)CC2O[Si](C(C)C)(C(C)C)O1.CC(C)[Si]1(C(C)C)OC[C@@H]2O[C@H](n3cnc4c(N)ncnc43)[C@H](O)C2O[Si](C(C)C)(C(C)C)O1.Nc1ncnc2c1ncn2[C@H]1O[C@@H](CO)C(O)[C@H]1O.Nc1ncnc2c1ncn2[C@H]1O[C@@H](CO)C(O)[C@H]1O. The second kappa shape index (κ2) is 45.2. The number of aromatic nitrogens is 16. The summed E-state index contributed by atoms with van der Waals surface area (Å²) >= 11 is 0. The maximum absolute atomic E-state index is 12.9. The predicted octanol–water partition coefficient (Wildman–Crippen LogP) is 7.90. The number of esters is 4. The van der Waals surface area contributed by atoms with Crippen LogP contribution in [0.5, 0.6) is 0 Å². The molecular weight excluding hydrogens is 1910 g/mol. The van der Waals surface area contributed by atoms with Crippen LogP contribution in [0.3, 0.4) is 0 Å². The first kappa shape index (κ1) is 107. The minimum atomic E-state index is -2.86. The van der Waals surface area contributed by atoms with Crippen molar-refractivity contribution in [3.8, 4) is 0 Å². The Morgan fingerprint density at radius 3 is 1.09 bits per heavy atom. The van der Waals surface area contributed by atoms with Gasteiger partial charge in [-0.25, -0.2) is 74.2 Å². The van der Waals surface area contributed by atoms with Crippen LogP contribution in [0, 0.1) is 0 Å². The van der Waals surface area contributed by atoms with Crippen molar-refractivity contribution in [2.24, 2.45) is 0 Å². The fourth-order valence-electron chi connectivity index (χ4n) is 18.8. The quantitative estimate of drug-likeness (QED) is 0.0174. The van der Waals surface area contributed by atoms with E-state index in [-0.39, 0.29) is 86.9 Å². The lowest BCUT2D eigenvalue weighted by Gasteiger charge is -2.51. The van der Waals surface area contributed by atoms with Crippen LogP contribution in [0.15, 0.2) is 142 Å². The number of hydrogen-bond donors (Lipinski definition) is 11. The molecule has 0 bridgehead atoms. The molecule has 0 spiro atoms. The van der Waals surface area contributed by atoms with E-state index in [1.54, 1.807) is 108 Å². The third-order valence-corrected chi connectivity index (χ3v) is 46.9. The number of nitrogens with two attached hydrogens (primary N) is 4. The van der Waals surface area contributed by atoms with Crippen LogP contribution in [-0.2, 0) is 73.4 Å². The van der Waals surface area contributed by atoms with Gasteiger partial charge in [-0.2, -0.15) is 0 Å². The smallest absolute Gasteiger partial charge is 0.338 e. The van der Waals surface area contributed by atoms with Gasteiger partial charge in [0.15, 0.2) is 70.6 Å². The molecule has 0 saturated carbocycles. The summed E-state index contributed by atoms with van der Waals surface area (Å²) in [6, 6.07) is 24.6. The molecule has 0 aliphatic carbocycles. The molecule has 15 N–H and O–H groups in total. The molecule has 15 heterocycles. The summed E-state index contributed by atoms with van der Waals surface area (Å²) in [6.07, 6.45) is -4.39. The number of anilines is 4. The maximum atomic E-state index is 12.9. The van der Waals surface area contributed by atoms with Gasteiger partial charge in [-0.15, -0.1) is 0 Å². The average molecular weight is 2040 g/mol. The first-order valence-electron chi connectivity index (χ1n) is 47.2. The van der Waals surface area contributed by atoms with Crippen molar-refractivity contribution in [2.45, 2.75) is 285 Å². The Hall–Kier alpha value is -10.9. The molecule has 768 valence electrons. The number of fused-ring (bicyclic) bond motifs is 6. The molecule has 11 aromatic rings. The first-order chi connectivity index (χ1) is 67.6. The van der Waals surface area contributed by atoms with E-state index in [0.717, 1.165) is 6.92 Å². The summed E-state index contributed by atoms with van der Waals surface area (Å²) in [5.74, 6) is -1.72. The summed E-state index contributed by atoms with van der Waals surface area (Å²) in [7, 11) is -10.8. The second-order valence-electron chi connectivity index (χ2n) is 38.0. The van der Waals surface area contributed by atoms with Crippen LogP contribution >= 0.6 is 0 Å². The van der Waals surface area contributed by atoms with Gasteiger partial charge in [0.2, 0.25) is 12.4 Å². The monoisotopic (exact) mass is 2040 g/mol. The van der Waals surface area contributed by atoms with E-state index >= 15 is 0 Å². The highest BCUT2D eigenvalue weighted by molar-refractivity contribution is 6.84. The van der Waals surface area contributed by atoms with E-state index in [9.17, 15) is 44.7 Å². The fraction of sp³-hybridized carbons (Fsp3) is 0.543. The third-order valence-electron chi connectivity index (χ3n) is 26.3. The van der Waals surface area contributed by atoms with Gasteiger partial charge in [-0.05, 0) is 80.7 Å². The first-order valence-corrected chi connectivity index (χ1v) is 55.1. The van der Waals surface area contributed by atoms with Gasteiger partial charge in [0.25, 0.3) is 0 Å². The molecule has 7 aliphatic rings. The molecule has 7 fully saturated rings. The Balaban J connectivity index is 0.000000144. The van der Waals surface area contributed by atoms with Gasteiger partial charge in [0.1, 0.15) is 127 Å². The maximum Gasteiger partial charge on any atom is 0.338 e. The Kier molecular flexibility index (Phi) is 34.0. The van der Waals surface area contributed by atoms with Crippen LogP contribution in [0.2, 0.25) is 44.3 Å². The van der Waals surface area contributed by atoms with Gasteiger partial charge in [0.05, 0.1) is 74.5 Å². The molecule has 142 heavy (non-hydrogen) atoms. The lowest BCUT2D eigenvalue weighted by atomic mass is 10.1. The normalized spacial score (nSPS) is 27.0. The average Bonchev–Trinajstić information content (AvgIpc) is 1.54. The number of aliphatic hydroxyl groups is 7. The zero-order chi connectivity index (χ0) is 102. The molecule has 50 heteroatoms. The predicted molar refractivity (Wildman–Crippen MR) is 519 cm³/mol. The zero-order valence-electron chi connectivity index (χ0n) is 82.0. The van der Waals surface area contributed by atoms with Crippen molar-refractivity contribution in [3.05, 3.63) is 158 Å². The van der Waals surface area contributed by atoms with Crippen LogP contribution < -0.4 is 22.9 Å². The van der Waals surface area contributed by atoms with E-state index in [2.05, 4.69) is 171 Å². The highest BCUT2D eigenvalue weighted by atomic mass is 28.5. The Morgan fingerprint density at radius 1 is 0.380 bits per heavy atom. The van der Waals surface area contributed by atoms with Crippen LogP contribution in [0.1, 0.15) is 180 Å². The molecule has 18 rings (SSSR count). The third kappa shape index (κ3) is 21.7. The largest absolute Gasteiger partial charge is 0.459 e. The summed E-state index contributed by atoms with van der Waals surface area (Å²) in [5, 5.41) is 69.0. The van der Waals surface area contributed by atoms with Crippen molar-refractivity contribution in [2.75, 3.05) is 56.0 Å². The highest BCUT2D eigenvalue weighted by Gasteiger charge is 2.64. The molecule has 7 saturated heterocycles. The van der Waals surface area contributed by atoms with E-state index in [1.807, 2.05) is 4.57 Å². The van der Waals surface area contributed by atoms with Gasteiger partial charge >= 0.3 is 58.1 Å².